The van der Waals surface area contributed by atoms with Crippen LogP contribution in [0.15, 0.2) is 42.9 Å². The predicted molar refractivity (Wildman–Crippen MR) is 88.2 cm³/mol. The van der Waals surface area contributed by atoms with Gasteiger partial charge in [0.1, 0.15) is 5.82 Å². The third kappa shape index (κ3) is 2.31. The maximum atomic E-state index is 4.70. The monoisotopic (exact) mass is 282 g/mol. The Morgan fingerprint density at radius 3 is 2.71 bits per heavy atom. The average Bonchev–Trinajstić information content (AvgIpc) is 2.75. The molecule has 1 aromatic heterocycles. The van der Waals surface area contributed by atoms with Gasteiger partial charge in [-0.25, -0.2) is 0 Å². The van der Waals surface area contributed by atoms with Crippen molar-refractivity contribution >= 4 is 16.7 Å². The largest absolute Gasteiger partial charge is 0.346 e. The number of anilines is 1. The second-order valence-corrected chi connectivity index (χ2v) is 5.96. The molecule has 0 aliphatic carbocycles. The Labute approximate surface area is 125 Å². The summed E-state index contributed by atoms with van der Waals surface area (Å²) in [5, 5.41) is 9.08. The summed E-state index contributed by atoms with van der Waals surface area (Å²) in [6.45, 7) is 13.3. The van der Waals surface area contributed by atoms with E-state index in [-0.39, 0.29) is 0 Å². The Kier molecular flexibility index (Phi) is 3.24. The van der Waals surface area contributed by atoms with Crippen molar-refractivity contribution in [2.75, 3.05) is 11.4 Å². The molecule has 0 radical (unpaired) electrons. The SMILES string of the molecule is C=C1CCN(c2nn(C)c3cc(C(C)C)ccc23)C(=C)N1. The van der Waals surface area contributed by atoms with Crippen LogP contribution in [0.25, 0.3) is 10.9 Å². The second-order valence-electron chi connectivity index (χ2n) is 5.96. The summed E-state index contributed by atoms with van der Waals surface area (Å²) in [6, 6.07) is 6.59. The van der Waals surface area contributed by atoms with Crippen molar-refractivity contribution in [1.82, 2.24) is 15.1 Å². The van der Waals surface area contributed by atoms with Crippen LogP contribution in [-0.4, -0.2) is 16.3 Å². The van der Waals surface area contributed by atoms with E-state index in [2.05, 4.69) is 55.4 Å². The second kappa shape index (κ2) is 4.95. The first-order valence-corrected chi connectivity index (χ1v) is 7.35. The molecule has 0 amide bonds. The number of aromatic nitrogens is 2. The summed E-state index contributed by atoms with van der Waals surface area (Å²) in [6.07, 6.45) is 0.904. The first-order valence-electron chi connectivity index (χ1n) is 7.35. The zero-order valence-corrected chi connectivity index (χ0v) is 13.0. The Morgan fingerprint density at radius 2 is 2.05 bits per heavy atom. The van der Waals surface area contributed by atoms with Crippen LogP contribution >= 0.6 is 0 Å². The summed E-state index contributed by atoms with van der Waals surface area (Å²) in [7, 11) is 2.00. The molecule has 4 heteroatoms. The first kappa shape index (κ1) is 13.7. The zero-order chi connectivity index (χ0) is 15.1. The van der Waals surface area contributed by atoms with E-state index in [0.29, 0.717) is 5.92 Å². The van der Waals surface area contributed by atoms with Gasteiger partial charge in [0.2, 0.25) is 0 Å². The van der Waals surface area contributed by atoms with Gasteiger partial charge >= 0.3 is 0 Å². The fraction of sp³-hybridized carbons (Fsp3) is 0.353. The van der Waals surface area contributed by atoms with E-state index in [1.165, 1.54) is 5.56 Å². The van der Waals surface area contributed by atoms with Gasteiger partial charge in [0.15, 0.2) is 5.82 Å². The zero-order valence-electron chi connectivity index (χ0n) is 13.0. The van der Waals surface area contributed by atoms with Gasteiger partial charge in [0.25, 0.3) is 0 Å². The van der Waals surface area contributed by atoms with Crippen LogP contribution in [0.3, 0.4) is 0 Å². The van der Waals surface area contributed by atoms with Crippen LogP contribution < -0.4 is 10.2 Å². The van der Waals surface area contributed by atoms with Gasteiger partial charge < -0.3 is 10.2 Å². The molecule has 1 saturated heterocycles. The summed E-state index contributed by atoms with van der Waals surface area (Å²) in [5.41, 5.74) is 3.51. The predicted octanol–water partition coefficient (Wildman–Crippen LogP) is 3.48. The molecule has 0 saturated carbocycles. The Bertz CT molecular complexity index is 724. The Morgan fingerprint density at radius 1 is 1.29 bits per heavy atom. The van der Waals surface area contributed by atoms with E-state index >= 15 is 0 Å². The van der Waals surface area contributed by atoms with E-state index in [0.717, 1.165) is 41.2 Å². The fourth-order valence-corrected chi connectivity index (χ4v) is 2.76. The van der Waals surface area contributed by atoms with Crippen LogP contribution in [-0.2, 0) is 7.05 Å². The minimum Gasteiger partial charge on any atom is -0.346 e. The third-order valence-corrected chi connectivity index (χ3v) is 4.06. The lowest BCUT2D eigenvalue weighted by Gasteiger charge is -2.31. The molecule has 4 nitrogen and oxygen atoms in total. The molecule has 2 aromatic rings. The highest BCUT2D eigenvalue weighted by molar-refractivity contribution is 5.92. The van der Waals surface area contributed by atoms with Crippen LogP contribution in [0.4, 0.5) is 5.82 Å². The molecule has 110 valence electrons. The van der Waals surface area contributed by atoms with Crippen molar-refractivity contribution in [1.29, 1.82) is 0 Å². The number of hydrogen-bond acceptors (Lipinski definition) is 3. The highest BCUT2D eigenvalue weighted by Gasteiger charge is 2.22. The Hall–Kier alpha value is -2.23. The van der Waals surface area contributed by atoms with E-state index in [9.17, 15) is 0 Å². The Balaban J connectivity index is 2.08. The molecule has 1 N–H and O–H groups in total. The maximum Gasteiger partial charge on any atom is 0.164 e. The van der Waals surface area contributed by atoms with Gasteiger partial charge in [-0.2, -0.15) is 5.10 Å². The van der Waals surface area contributed by atoms with Crippen LogP contribution in [0.2, 0.25) is 0 Å². The maximum absolute atomic E-state index is 4.70. The summed E-state index contributed by atoms with van der Waals surface area (Å²) in [4.78, 5) is 2.13. The molecule has 3 rings (SSSR count). The van der Waals surface area contributed by atoms with Gasteiger partial charge in [-0.05, 0) is 23.6 Å². The van der Waals surface area contributed by atoms with E-state index in [4.69, 9.17) is 5.10 Å². The minimum atomic E-state index is 0.516. The topological polar surface area (TPSA) is 33.1 Å². The molecule has 0 atom stereocenters. The molecule has 0 bridgehead atoms. The summed E-state index contributed by atoms with van der Waals surface area (Å²) < 4.78 is 1.95. The summed E-state index contributed by atoms with van der Waals surface area (Å²) in [5.74, 6) is 2.33. The third-order valence-electron chi connectivity index (χ3n) is 4.06. The van der Waals surface area contributed by atoms with Crippen molar-refractivity contribution < 1.29 is 0 Å². The highest BCUT2D eigenvalue weighted by Crippen LogP contribution is 2.31. The number of fused-ring (bicyclic) bond motifs is 1. The standard InChI is InChI=1S/C17H22N4/c1-11(2)14-6-7-15-16(10-14)20(5)19-17(15)21-9-8-12(3)18-13(21)4/h6-7,10-11,18H,3-4,8-9H2,1-2,5H3. The quantitative estimate of drug-likeness (QED) is 0.915. The molecule has 1 aliphatic rings. The lowest BCUT2D eigenvalue weighted by Crippen LogP contribution is -2.37. The lowest BCUT2D eigenvalue weighted by molar-refractivity contribution is 0.691. The number of benzene rings is 1. The molecule has 21 heavy (non-hydrogen) atoms. The molecule has 0 unspecified atom stereocenters. The van der Waals surface area contributed by atoms with E-state index < -0.39 is 0 Å². The first-order chi connectivity index (χ1) is 9.97. The number of nitrogens with one attached hydrogen (secondary N) is 1. The van der Waals surface area contributed by atoms with Crippen LogP contribution in [0.5, 0.6) is 0 Å². The van der Waals surface area contributed by atoms with Crippen LogP contribution in [0, 0.1) is 0 Å². The lowest BCUT2D eigenvalue weighted by atomic mass is 10.0. The van der Waals surface area contributed by atoms with Crippen LogP contribution in [0.1, 0.15) is 31.7 Å². The van der Waals surface area contributed by atoms with Crippen molar-refractivity contribution in [2.24, 2.45) is 7.05 Å². The van der Waals surface area contributed by atoms with Gasteiger partial charge in [-0.1, -0.05) is 33.1 Å². The van der Waals surface area contributed by atoms with Crippen molar-refractivity contribution in [3.05, 3.63) is 48.4 Å². The van der Waals surface area contributed by atoms with Crippen molar-refractivity contribution in [2.45, 2.75) is 26.2 Å². The summed E-state index contributed by atoms with van der Waals surface area (Å²) >= 11 is 0. The number of aryl methyl sites for hydroxylation is 1. The molecular weight excluding hydrogens is 260 g/mol. The van der Waals surface area contributed by atoms with Crippen molar-refractivity contribution in [3.63, 3.8) is 0 Å². The van der Waals surface area contributed by atoms with Gasteiger partial charge in [-0.15, -0.1) is 0 Å². The molecular formula is C17H22N4. The molecule has 1 aromatic carbocycles. The average molecular weight is 282 g/mol. The smallest absolute Gasteiger partial charge is 0.164 e. The van der Waals surface area contributed by atoms with E-state index in [1.807, 2.05) is 11.7 Å². The highest BCUT2D eigenvalue weighted by atomic mass is 15.4. The number of rotatable bonds is 2. The van der Waals surface area contributed by atoms with E-state index in [1.54, 1.807) is 0 Å². The van der Waals surface area contributed by atoms with Crippen molar-refractivity contribution in [3.8, 4) is 0 Å². The molecule has 0 spiro atoms. The number of nitrogens with zero attached hydrogens (tertiary/aromatic N) is 3. The fourth-order valence-electron chi connectivity index (χ4n) is 2.76. The van der Waals surface area contributed by atoms with Gasteiger partial charge in [-0.3, -0.25) is 4.68 Å². The molecule has 2 heterocycles. The van der Waals surface area contributed by atoms with Gasteiger partial charge in [0.05, 0.1) is 5.52 Å². The minimum absolute atomic E-state index is 0.516. The molecule has 1 aliphatic heterocycles. The molecule has 1 fully saturated rings. The normalized spacial score (nSPS) is 15.9. The van der Waals surface area contributed by atoms with Gasteiger partial charge in [0, 0.05) is 31.1 Å². The number of hydrogen-bond donors (Lipinski definition) is 1.